The van der Waals surface area contributed by atoms with E-state index in [1.165, 1.54) is 28.8 Å². The van der Waals surface area contributed by atoms with Crippen LogP contribution in [0, 0.1) is 5.82 Å². The van der Waals surface area contributed by atoms with E-state index in [1.54, 1.807) is 0 Å². The summed E-state index contributed by atoms with van der Waals surface area (Å²) in [5, 5.41) is 0. The number of hydrogen-bond acceptors (Lipinski definition) is 2. The highest BCUT2D eigenvalue weighted by Crippen LogP contribution is 2.44. The van der Waals surface area contributed by atoms with Crippen LogP contribution in [0.5, 0.6) is 11.5 Å². The molecule has 1 aliphatic heterocycles. The maximum Gasteiger partial charge on any atom is 0.231 e. The van der Waals surface area contributed by atoms with Crippen LogP contribution in [-0.4, -0.2) is 6.79 Å². The number of fused-ring (bicyclic) bond motifs is 2. The quantitative estimate of drug-likeness (QED) is 0.648. The number of hydrogen-bond donors (Lipinski definition) is 0. The van der Waals surface area contributed by atoms with Gasteiger partial charge in [0.2, 0.25) is 6.79 Å². The fourth-order valence-corrected chi connectivity index (χ4v) is 3.62. The van der Waals surface area contributed by atoms with E-state index < -0.39 is 0 Å². The van der Waals surface area contributed by atoms with Crippen molar-refractivity contribution in [2.24, 2.45) is 0 Å². The molecule has 0 radical (unpaired) electrons. The van der Waals surface area contributed by atoms with Crippen molar-refractivity contribution in [3.8, 4) is 11.5 Å². The first-order chi connectivity index (χ1) is 12.3. The maximum absolute atomic E-state index is 13.3. The standard InChI is InChI=1S/C22H15FO2/c23-16-8-5-14(6-9-16)19-12-20(18-4-2-1-3-17(18)19)15-7-10-21-22(11-15)25-13-24-21/h1-12,19H,13H2. The van der Waals surface area contributed by atoms with Crippen molar-refractivity contribution in [1.82, 2.24) is 0 Å². The number of ether oxygens (including phenoxy) is 2. The van der Waals surface area contributed by atoms with Crippen LogP contribution in [0.25, 0.3) is 5.57 Å². The molecule has 122 valence electrons. The molecule has 3 aromatic rings. The van der Waals surface area contributed by atoms with Crippen LogP contribution in [0.1, 0.15) is 28.2 Å². The van der Waals surface area contributed by atoms with Crippen molar-refractivity contribution in [2.45, 2.75) is 5.92 Å². The Labute approximate surface area is 145 Å². The molecule has 25 heavy (non-hydrogen) atoms. The van der Waals surface area contributed by atoms with Crippen molar-refractivity contribution in [1.29, 1.82) is 0 Å². The molecule has 0 N–H and O–H groups in total. The molecule has 1 unspecified atom stereocenters. The van der Waals surface area contributed by atoms with E-state index in [0.29, 0.717) is 0 Å². The summed E-state index contributed by atoms with van der Waals surface area (Å²) < 4.78 is 24.2. The zero-order valence-electron chi connectivity index (χ0n) is 13.4. The van der Waals surface area contributed by atoms with Crippen molar-refractivity contribution in [2.75, 3.05) is 6.79 Å². The van der Waals surface area contributed by atoms with Gasteiger partial charge in [0.25, 0.3) is 0 Å². The number of halogens is 1. The molecule has 3 heteroatoms. The average molecular weight is 330 g/mol. The summed E-state index contributed by atoms with van der Waals surface area (Å²) in [6.45, 7) is 0.270. The number of benzene rings is 3. The molecule has 2 nitrogen and oxygen atoms in total. The monoisotopic (exact) mass is 330 g/mol. The second-order valence-corrected chi connectivity index (χ2v) is 6.26. The molecule has 1 aliphatic carbocycles. The smallest absolute Gasteiger partial charge is 0.231 e. The minimum Gasteiger partial charge on any atom is -0.454 e. The summed E-state index contributed by atoms with van der Waals surface area (Å²) in [6, 6.07) is 21.2. The van der Waals surface area contributed by atoms with Gasteiger partial charge in [-0.25, -0.2) is 4.39 Å². The zero-order chi connectivity index (χ0) is 16.8. The largest absolute Gasteiger partial charge is 0.454 e. The lowest BCUT2D eigenvalue weighted by molar-refractivity contribution is 0.174. The molecule has 1 atom stereocenters. The fourth-order valence-electron chi connectivity index (χ4n) is 3.62. The first-order valence-electron chi connectivity index (χ1n) is 8.26. The molecule has 0 spiro atoms. The van der Waals surface area contributed by atoms with Gasteiger partial charge in [-0.05, 0) is 52.1 Å². The third-order valence-electron chi connectivity index (χ3n) is 4.83. The number of allylic oxidation sites excluding steroid dienone is 1. The first-order valence-corrected chi connectivity index (χ1v) is 8.26. The van der Waals surface area contributed by atoms with Gasteiger partial charge >= 0.3 is 0 Å². The lowest BCUT2D eigenvalue weighted by atomic mass is 9.93. The SMILES string of the molecule is Fc1ccc(C2C=C(c3ccc4c(c3)OCO4)c3ccccc32)cc1. The summed E-state index contributed by atoms with van der Waals surface area (Å²) in [5.41, 5.74) is 5.80. The first kappa shape index (κ1) is 14.3. The minimum atomic E-state index is -0.213. The van der Waals surface area contributed by atoms with Gasteiger partial charge in [0.05, 0.1) is 0 Å². The van der Waals surface area contributed by atoms with Crippen LogP contribution in [0.2, 0.25) is 0 Å². The van der Waals surface area contributed by atoms with E-state index >= 15 is 0 Å². The highest BCUT2D eigenvalue weighted by atomic mass is 19.1. The molecule has 0 saturated heterocycles. The molecule has 0 aromatic heterocycles. The Hall–Kier alpha value is -3.07. The van der Waals surface area contributed by atoms with Crippen LogP contribution in [-0.2, 0) is 0 Å². The summed E-state index contributed by atoms with van der Waals surface area (Å²) in [6.07, 6.45) is 2.25. The van der Waals surface area contributed by atoms with Crippen molar-refractivity contribution >= 4 is 5.57 Å². The zero-order valence-corrected chi connectivity index (χ0v) is 13.4. The molecule has 0 amide bonds. The van der Waals surface area contributed by atoms with E-state index in [2.05, 4.69) is 24.3 Å². The van der Waals surface area contributed by atoms with Gasteiger partial charge in [0.15, 0.2) is 11.5 Å². The molecule has 1 heterocycles. The molecule has 5 rings (SSSR count). The molecule has 0 bridgehead atoms. The van der Waals surface area contributed by atoms with Crippen LogP contribution < -0.4 is 9.47 Å². The summed E-state index contributed by atoms with van der Waals surface area (Å²) in [7, 11) is 0. The average Bonchev–Trinajstić information content (AvgIpc) is 3.26. The van der Waals surface area contributed by atoms with E-state index in [0.717, 1.165) is 22.6 Å². The third-order valence-corrected chi connectivity index (χ3v) is 4.83. The molecular weight excluding hydrogens is 315 g/mol. The summed E-state index contributed by atoms with van der Waals surface area (Å²) in [5.74, 6) is 1.47. The topological polar surface area (TPSA) is 18.5 Å². The van der Waals surface area contributed by atoms with Crippen LogP contribution in [0.15, 0.2) is 72.8 Å². The van der Waals surface area contributed by atoms with E-state index in [4.69, 9.17) is 9.47 Å². The minimum absolute atomic E-state index is 0.122. The van der Waals surface area contributed by atoms with Gasteiger partial charge in [0.1, 0.15) is 5.82 Å². The van der Waals surface area contributed by atoms with Crippen molar-refractivity contribution < 1.29 is 13.9 Å². The predicted molar refractivity (Wildman–Crippen MR) is 94.3 cm³/mol. The van der Waals surface area contributed by atoms with Crippen molar-refractivity contribution in [3.05, 3.63) is 101 Å². The fraction of sp³-hybridized carbons (Fsp3) is 0.0909. The number of rotatable bonds is 2. The molecule has 0 fully saturated rings. The maximum atomic E-state index is 13.3. The van der Waals surface area contributed by atoms with E-state index in [9.17, 15) is 4.39 Å². The van der Waals surface area contributed by atoms with Gasteiger partial charge in [-0.3, -0.25) is 0 Å². The second kappa shape index (κ2) is 5.49. The molecule has 2 aliphatic rings. The Morgan fingerprint density at radius 2 is 1.64 bits per heavy atom. The van der Waals surface area contributed by atoms with Gasteiger partial charge in [-0.1, -0.05) is 48.5 Å². The molecular formula is C22H15FO2. The van der Waals surface area contributed by atoms with Crippen LogP contribution in [0.3, 0.4) is 0 Å². The summed E-state index contributed by atoms with van der Waals surface area (Å²) >= 11 is 0. The van der Waals surface area contributed by atoms with E-state index in [1.807, 2.05) is 36.4 Å². The third kappa shape index (κ3) is 2.31. The lowest BCUT2D eigenvalue weighted by Gasteiger charge is -2.11. The normalized spacial score (nSPS) is 17.3. The van der Waals surface area contributed by atoms with Gasteiger partial charge < -0.3 is 9.47 Å². The Kier molecular flexibility index (Phi) is 3.14. The van der Waals surface area contributed by atoms with Crippen LogP contribution >= 0.6 is 0 Å². The Morgan fingerprint density at radius 3 is 2.52 bits per heavy atom. The molecule has 0 saturated carbocycles. The Bertz CT molecular complexity index is 989. The Morgan fingerprint density at radius 1 is 0.840 bits per heavy atom. The Balaban J connectivity index is 1.64. The summed E-state index contributed by atoms with van der Waals surface area (Å²) in [4.78, 5) is 0. The predicted octanol–water partition coefficient (Wildman–Crippen LogP) is 5.13. The van der Waals surface area contributed by atoms with Crippen molar-refractivity contribution in [3.63, 3.8) is 0 Å². The van der Waals surface area contributed by atoms with Gasteiger partial charge in [-0.2, -0.15) is 0 Å². The van der Waals surface area contributed by atoms with E-state index in [-0.39, 0.29) is 18.5 Å². The van der Waals surface area contributed by atoms with Gasteiger partial charge in [0, 0.05) is 5.92 Å². The lowest BCUT2D eigenvalue weighted by Crippen LogP contribution is -1.95. The van der Waals surface area contributed by atoms with Gasteiger partial charge in [-0.15, -0.1) is 0 Å². The second-order valence-electron chi connectivity index (χ2n) is 6.26. The highest BCUT2D eigenvalue weighted by Gasteiger charge is 2.26. The van der Waals surface area contributed by atoms with Crippen LogP contribution in [0.4, 0.5) is 4.39 Å². The highest BCUT2D eigenvalue weighted by molar-refractivity contribution is 5.87. The molecule has 3 aromatic carbocycles.